The van der Waals surface area contributed by atoms with Gasteiger partial charge >= 0.3 is 12.1 Å². The highest BCUT2D eigenvalue weighted by Crippen LogP contribution is 2.26. The minimum atomic E-state index is -1.29. The highest BCUT2D eigenvalue weighted by Gasteiger charge is 2.22. The van der Waals surface area contributed by atoms with Crippen LogP contribution in [-0.2, 0) is 9.47 Å². The minimum Gasteiger partial charge on any atom is -0.507 e. The maximum atomic E-state index is 11.5. The van der Waals surface area contributed by atoms with Gasteiger partial charge in [-0.2, -0.15) is 0 Å². The first kappa shape index (κ1) is 20.7. The minimum absolute atomic E-state index is 0.0421. The van der Waals surface area contributed by atoms with Gasteiger partial charge in [-0.3, -0.25) is 0 Å². The Morgan fingerprint density at radius 3 is 2.40 bits per heavy atom. The highest BCUT2D eigenvalue weighted by molar-refractivity contribution is 5.92. The van der Waals surface area contributed by atoms with Gasteiger partial charge in [-0.1, -0.05) is 6.07 Å². The third-order valence-electron chi connectivity index (χ3n) is 3.24. The van der Waals surface area contributed by atoms with Gasteiger partial charge < -0.3 is 30.1 Å². The van der Waals surface area contributed by atoms with Crippen LogP contribution in [0.15, 0.2) is 18.2 Å². The lowest BCUT2D eigenvalue weighted by Gasteiger charge is -2.21. The van der Waals surface area contributed by atoms with E-state index in [1.54, 1.807) is 20.8 Å². The molecule has 1 aromatic rings. The van der Waals surface area contributed by atoms with Crippen molar-refractivity contribution < 1.29 is 34.4 Å². The summed E-state index contributed by atoms with van der Waals surface area (Å²) in [5.41, 5.74) is -0.435. The van der Waals surface area contributed by atoms with Crippen LogP contribution in [0, 0.1) is 0 Å². The maximum absolute atomic E-state index is 11.5. The van der Waals surface area contributed by atoms with Gasteiger partial charge in [0.1, 0.15) is 23.0 Å². The van der Waals surface area contributed by atoms with Crippen LogP contribution in [0.1, 0.15) is 49.2 Å². The number of carbonyl (C=O) groups excluding carboxylic acids is 2. The summed E-state index contributed by atoms with van der Waals surface area (Å²) in [6.07, 6.45) is -3.02. The molecule has 0 aliphatic rings. The van der Waals surface area contributed by atoms with Gasteiger partial charge in [-0.15, -0.1) is 0 Å². The van der Waals surface area contributed by atoms with E-state index in [1.165, 1.54) is 25.3 Å². The zero-order valence-electron chi connectivity index (χ0n) is 14.8. The van der Waals surface area contributed by atoms with E-state index < -0.39 is 29.9 Å². The van der Waals surface area contributed by atoms with Crippen LogP contribution in [0.2, 0.25) is 0 Å². The molecule has 0 aliphatic heterocycles. The zero-order valence-corrected chi connectivity index (χ0v) is 14.8. The first-order valence-electron chi connectivity index (χ1n) is 7.79. The zero-order chi connectivity index (χ0) is 19.2. The summed E-state index contributed by atoms with van der Waals surface area (Å²) in [5.74, 6) is -1.07. The van der Waals surface area contributed by atoms with E-state index in [-0.39, 0.29) is 29.8 Å². The fraction of sp³-hybridized carbons (Fsp3) is 0.529. The van der Waals surface area contributed by atoms with Crippen LogP contribution >= 0.6 is 0 Å². The highest BCUT2D eigenvalue weighted by atomic mass is 16.6. The standard InChI is InChI=1S/C17H25NO7/c1-17(2,3)25-16(23)18-8-7-12(19)14(21)10-5-6-11(13(20)9-10)15(22)24-4/h5-6,9,12,14,19-21H,7-8H2,1-4H3,(H,18,23). The summed E-state index contributed by atoms with van der Waals surface area (Å²) < 4.78 is 9.57. The van der Waals surface area contributed by atoms with Crippen molar-refractivity contribution in [2.45, 2.75) is 45.0 Å². The van der Waals surface area contributed by atoms with Crippen LogP contribution in [-0.4, -0.2) is 52.7 Å². The maximum Gasteiger partial charge on any atom is 0.407 e. The van der Waals surface area contributed by atoms with Crippen molar-refractivity contribution in [3.8, 4) is 5.75 Å². The molecule has 0 heterocycles. The van der Waals surface area contributed by atoms with Gasteiger partial charge in [-0.05, 0) is 44.9 Å². The molecule has 2 unspecified atom stereocenters. The molecule has 1 aromatic carbocycles. The third-order valence-corrected chi connectivity index (χ3v) is 3.24. The summed E-state index contributed by atoms with van der Waals surface area (Å²) >= 11 is 0. The molecule has 8 nitrogen and oxygen atoms in total. The molecular formula is C17H25NO7. The molecule has 1 rings (SSSR count). The molecule has 1 amide bonds. The Labute approximate surface area is 146 Å². The Morgan fingerprint density at radius 1 is 1.24 bits per heavy atom. The number of rotatable bonds is 6. The van der Waals surface area contributed by atoms with Crippen molar-refractivity contribution in [3.63, 3.8) is 0 Å². The van der Waals surface area contributed by atoms with Gasteiger partial charge in [0, 0.05) is 6.54 Å². The fourth-order valence-corrected chi connectivity index (χ4v) is 2.03. The summed E-state index contributed by atoms with van der Waals surface area (Å²) in [7, 11) is 1.19. The second-order valence-electron chi connectivity index (χ2n) is 6.50. The van der Waals surface area contributed by atoms with E-state index in [0.29, 0.717) is 0 Å². The summed E-state index contributed by atoms with van der Waals surface area (Å²) in [6.45, 7) is 5.29. The van der Waals surface area contributed by atoms with Crippen LogP contribution in [0.4, 0.5) is 4.79 Å². The van der Waals surface area contributed by atoms with Crippen molar-refractivity contribution in [1.82, 2.24) is 5.32 Å². The number of aliphatic hydroxyl groups excluding tert-OH is 2. The molecule has 4 N–H and O–H groups in total. The number of aliphatic hydroxyl groups is 2. The van der Waals surface area contributed by atoms with Crippen LogP contribution in [0.3, 0.4) is 0 Å². The Balaban J connectivity index is 2.59. The lowest BCUT2D eigenvalue weighted by Crippen LogP contribution is -2.34. The molecule has 0 saturated carbocycles. The number of hydrogen-bond acceptors (Lipinski definition) is 7. The third kappa shape index (κ3) is 6.60. The first-order valence-corrected chi connectivity index (χ1v) is 7.79. The normalized spacial score (nSPS) is 13.7. The quantitative estimate of drug-likeness (QED) is 0.570. The van der Waals surface area contributed by atoms with E-state index in [4.69, 9.17) is 4.74 Å². The Hall–Kier alpha value is -2.32. The van der Waals surface area contributed by atoms with Gasteiger partial charge in [0.05, 0.1) is 13.2 Å². The number of alkyl carbamates (subject to hydrolysis) is 1. The number of methoxy groups -OCH3 is 1. The number of amides is 1. The van der Waals surface area contributed by atoms with E-state index in [2.05, 4.69) is 10.1 Å². The molecule has 0 aliphatic carbocycles. The van der Waals surface area contributed by atoms with Crippen molar-refractivity contribution in [2.24, 2.45) is 0 Å². The number of phenolic OH excluding ortho intramolecular Hbond substituents is 1. The average molecular weight is 355 g/mol. The van der Waals surface area contributed by atoms with Crippen molar-refractivity contribution in [3.05, 3.63) is 29.3 Å². The molecule has 140 valence electrons. The van der Waals surface area contributed by atoms with Crippen LogP contribution in [0.5, 0.6) is 5.75 Å². The molecule has 25 heavy (non-hydrogen) atoms. The Morgan fingerprint density at radius 2 is 1.88 bits per heavy atom. The SMILES string of the molecule is COC(=O)c1ccc(C(O)C(O)CCNC(=O)OC(C)(C)C)cc1O. The van der Waals surface area contributed by atoms with E-state index in [1.807, 2.05) is 0 Å². The number of phenols is 1. The monoisotopic (exact) mass is 355 g/mol. The molecule has 0 aromatic heterocycles. The molecule has 0 spiro atoms. The molecular weight excluding hydrogens is 330 g/mol. The number of ether oxygens (including phenoxy) is 2. The van der Waals surface area contributed by atoms with Gasteiger partial charge in [0.15, 0.2) is 0 Å². The number of esters is 1. The number of aromatic hydroxyl groups is 1. The topological polar surface area (TPSA) is 125 Å². The Kier molecular flexibility index (Phi) is 7.20. The molecule has 0 radical (unpaired) electrons. The summed E-state index contributed by atoms with van der Waals surface area (Å²) in [5, 5.41) is 32.4. The number of carbonyl (C=O) groups is 2. The lowest BCUT2D eigenvalue weighted by atomic mass is 10.00. The lowest BCUT2D eigenvalue weighted by molar-refractivity contribution is 0.0122. The average Bonchev–Trinajstić information content (AvgIpc) is 2.51. The van der Waals surface area contributed by atoms with Crippen LogP contribution in [0.25, 0.3) is 0 Å². The number of benzene rings is 1. The molecule has 2 atom stereocenters. The molecule has 0 fully saturated rings. The predicted octanol–water partition coefficient (Wildman–Crippen LogP) is 1.49. The first-order chi connectivity index (χ1) is 11.5. The van der Waals surface area contributed by atoms with E-state index in [9.17, 15) is 24.9 Å². The second kappa shape index (κ2) is 8.68. The van der Waals surface area contributed by atoms with Gasteiger partial charge in [0.25, 0.3) is 0 Å². The van der Waals surface area contributed by atoms with Crippen molar-refractivity contribution >= 4 is 12.1 Å². The fourth-order valence-electron chi connectivity index (χ4n) is 2.03. The van der Waals surface area contributed by atoms with E-state index >= 15 is 0 Å². The second-order valence-corrected chi connectivity index (χ2v) is 6.50. The summed E-state index contributed by atoms with van der Waals surface area (Å²) in [4.78, 5) is 22.9. The number of hydrogen-bond donors (Lipinski definition) is 4. The molecule has 8 heteroatoms. The van der Waals surface area contributed by atoms with Gasteiger partial charge in [0.2, 0.25) is 0 Å². The van der Waals surface area contributed by atoms with Crippen LogP contribution < -0.4 is 5.32 Å². The van der Waals surface area contributed by atoms with E-state index in [0.717, 1.165) is 0 Å². The largest absolute Gasteiger partial charge is 0.507 e. The van der Waals surface area contributed by atoms with Crippen molar-refractivity contribution in [1.29, 1.82) is 0 Å². The molecule has 0 saturated heterocycles. The molecule has 0 bridgehead atoms. The Bertz CT molecular complexity index is 610. The summed E-state index contributed by atoms with van der Waals surface area (Å²) in [6, 6.07) is 3.88. The van der Waals surface area contributed by atoms with Crippen molar-refractivity contribution in [2.75, 3.05) is 13.7 Å². The predicted molar refractivity (Wildman–Crippen MR) is 89.3 cm³/mol. The smallest absolute Gasteiger partial charge is 0.407 e. The van der Waals surface area contributed by atoms with Gasteiger partial charge in [-0.25, -0.2) is 9.59 Å². The number of nitrogens with one attached hydrogen (secondary N) is 1.